The smallest absolute Gasteiger partial charge is 0.0843 e. The molecule has 1 saturated carbocycles. The lowest BCUT2D eigenvalue weighted by Gasteiger charge is -2.11. The van der Waals surface area contributed by atoms with Crippen LogP contribution in [0.25, 0.3) is 0 Å². The van der Waals surface area contributed by atoms with E-state index in [1.165, 1.54) is 17.7 Å². The standard InChI is InChI=1S/C8H10Br2N2S/c9-5-3-6(13-8(5)10)7(12-11)4-1-2-4/h3-4,7,12H,1-2,11H2. The number of hydrogen-bond acceptors (Lipinski definition) is 3. The van der Waals surface area contributed by atoms with Crippen LogP contribution >= 0.6 is 43.2 Å². The molecule has 0 aromatic carbocycles. The van der Waals surface area contributed by atoms with E-state index in [1.54, 1.807) is 11.3 Å². The van der Waals surface area contributed by atoms with Crippen LogP contribution in [0.5, 0.6) is 0 Å². The molecular formula is C8H10Br2N2S. The molecule has 2 rings (SSSR count). The molecule has 2 nitrogen and oxygen atoms in total. The Labute approximate surface area is 98.1 Å². The lowest BCUT2D eigenvalue weighted by Crippen LogP contribution is -2.28. The third kappa shape index (κ3) is 2.15. The quantitative estimate of drug-likeness (QED) is 0.661. The van der Waals surface area contributed by atoms with Gasteiger partial charge in [0, 0.05) is 9.35 Å². The van der Waals surface area contributed by atoms with Crippen molar-refractivity contribution < 1.29 is 0 Å². The Kier molecular flexibility index (Phi) is 3.10. The van der Waals surface area contributed by atoms with Crippen molar-refractivity contribution in [2.24, 2.45) is 11.8 Å². The predicted octanol–water partition coefficient (Wildman–Crippen LogP) is 3.19. The number of nitrogens with two attached hydrogens (primary N) is 1. The van der Waals surface area contributed by atoms with Crippen molar-refractivity contribution in [2.75, 3.05) is 0 Å². The van der Waals surface area contributed by atoms with Gasteiger partial charge in [-0.2, -0.15) is 0 Å². The first kappa shape index (κ1) is 10.1. The molecule has 3 N–H and O–H groups in total. The van der Waals surface area contributed by atoms with Crippen LogP contribution in [0.3, 0.4) is 0 Å². The molecule has 1 unspecified atom stereocenters. The number of hydrogen-bond donors (Lipinski definition) is 2. The summed E-state index contributed by atoms with van der Waals surface area (Å²) in [5.41, 5.74) is 2.89. The summed E-state index contributed by atoms with van der Waals surface area (Å²) < 4.78 is 2.26. The van der Waals surface area contributed by atoms with Crippen LogP contribution < -0.4 is 11.3 Å². The van der Waals surface area contributed by atoms with Crippen LogP contribution in [0.15, 0.2) is 14.3 Å². The van der Waals surface area contributed by atoms with Crippen molar-refractivity contribution in [3.8, 4) is 0 Å². The molecule has 1 fully saturated rings. The van der Waals surface area contributed by atoms with E-state index in [4.69, 9.17) is 5.84 Å². The molecule has 1 heterocycles. The topological polar surface area (TPSA) is 38.0 Å². The van der Waals surface area contributed by atoms with Gasteiger partial charge >= 0.3 is 0 Å². The van der Waals surface area contributed by atoms with Crippen LogP contribution in [0.4, 0.5) is 0 Å². The van der Waals surface area contributed by atoms with E-state index in [0.29, 0.717) is 6.04 Å². The maximum atomic E-state index is 5.53. The number of thiophene rings is 1. The third-order valence-electron chi connectivity index (χ3n) is 2.24. The zero-order valence-corrected chi connectivity index (χ0v) is 10.9. The largest absolute Gasteiger partial charge is 0.271 e. The van der Waals surface area contributed by atoms with Crippen LogP contribution in [-0.2, 0) is 0 Å². The van der Waals surface area contributed by atoms with Gasteiger partial charge in [-0.1, -0.05) is 0 Å². The molecule has 1 aromatic heterocycles. The summed E-state index contributed by atoms with van der Waals surface area (Å²) in [7, 11) is 0. The molecule has 0 aliphatic heterocycles. The van der Waals surface area contributed by atoms with Crippen molar-refractivity contribution in [2.45, 2.75) is 18.9 Å². The highest BCUT2D eigenvalue weighted by molar-refractivity contribution is 9.13. The molecular weight excluding hydrogens is 316 g/mol. The predicted molar refractivity (Wildman–Crippen MR) is 62.5 cm³/mol. The Bertz CT molecular complexity index is 290. The summed E-state index contributed by atoms with van der Waals surface area (Å²) in [5, 5.41) is 0. The fourth-order valence-electron chi connectivity index (χ4n) is 1.40. The third-order valence-corrected chi connectivity index (χ3v) is 5.58. The Morgan fingerprint density at radius 3 is 2.62 bits per heavy atom. The average molecular weight is 326 g/mol. The Hall–Kier alpha value is 0.580. The van der Waals surface area contributed by atoms with Gasteiger partial charge in [-0.05, 0) is 56.7 Å². The van der Waals surface area contributed by atoms with Gasteiger partial charge in [0.1, 0.15) is 0 Å². The van der Waals surface area contributed by atoms with Crippen molar-refractivity contribution in [1.82, 2.24) is 5.43 Å². The maximum Gasteiger partial charge on any atom is 0.0843 e. The number of hydrazine groups is 1. The molecule has 0 bridgehead atoms. The number of nitrogens with one attached hydrogen (secondary N) is 1. The minimum atomic E-state index is 0.340. The molecule has 0 radical (unpaired) electrons. The zero-order valence-electron chi connectivity index (χ0n) is 6.89. The molecule has 5 heteroatoms. The fourth-order valence-corrected chi connectivity index (χ4v) is 3.64. The van der Waals surface area contributed by atoms with Gasteiger partial charge < -0.3 is 0 Å². The minimum Gasteiger partial charge on any atom is -0.271 e. The molecule has 1 aliphatic carbocycles. The normalized spacial score (nSPS) is 19.0. The van der Waals surface area contributed by atoms with Crippen molar-refractivity contribution in [1.29, 1.82) is 0 Å². The monoisotopic (exact) mass is 324 g/mol. The lowest BCUT2D eigenvalue weighted by molar-refractivity contribution is 0.504. The number of halogens is 2. The van der Waals surface area contributed by atoms with Gasteiger partial charge in [0.15, 0.2) is 0 Å². The summed E-state index contributed by atoms with van der Waals surface area (Å²) in [4.78, 5) is 1.31. The Morgan fingerprint density at radius 2 is 2.23 bits per heavy atom. The summed E-state index contributed by atoms with van der Waals surface area (Å²) >= 11 is 8.71. The second-order valence-electron chi connectivity index (χ2n) is 3.25. The maximum absolute atomic E-state index is 5.53. The lowest BCUT2D eigenvalue weighted by atomic mass is 10.1. The summed E-state index contributed by atoms with van der Waals surface area (Å²) in [6, 6.07) is 2.48. The summed E-state index contributed by atoms with van der Waals surface area (Å²) in [6.45, 7) is 0. The van der Waals surface area contributed by atoms with Gasteiger partial charge in [0.05, 0.1) is 9.83 Å². The van der Waals surface area contributed by atoms with Crippen LogP contribution in [0.2, 0.25) is 0 Å². The summed E-state index contributed by atoms with van der Waals surface area (Å²) in [6.07, 6.45) is 2.59. The molecule has 0 amide bonds. The van der Waals surface area contributed by atoms with Gasteiger partial charge in [0.2, 0.25) is 0 Å². The minimum absolute atomic E-state index is 0.340. The van der Waals surface area contributed by atoms with E-state index in [-0.39, 0.29) is 0 Å². The van der Waals surface area contributed by atoms with Crippen molar-refractivity contribution >= 4 is 43.2 Å². The first-order valence-electron chi connectivity index (χ1n) is 4.13. The van der Waals surface area contributed by atoms with E-state index in [9.17, 15) is 0 Å². The molecule has 0 saturated heterocycles. The van der Waals surface area contributed by atoms with E-state index in [2.05, 4.69) is 43.4 Å². The highest BCUT2D eigenvalue weighted by Gasteiger charge is 2.32. The fraction of sp³-hybridized carbons (Fsp3) is 0.500. The Morgan fingerprint density at radius 1 is 1.54 bits per heavy atom. The molecule has 72 valence electrons. The number of rotatable bonds is 3. The van der Waals surface area contributed by atoms with Crippen LogP contribution in [0.1, 0.15) is 23.8 Å². The Balaban J connectivity index is 2.21. The first-order valence-corrected chi connectivity index (χ1v) is 6.53. The first-order chi connectivity index (χ1) is 6.22. The second-order valence-corrected chi connectivity index (χ2v) is 6.51. The van der Waals surface area contributed by atoms with Crippen LogP contribution in [-0.4, -0.2) is 0 Å². The SMILES string of the molecule is NNC(c1cc(Br)c(Br)s1)C1CC1. The van der Waals surface area contributed by atoms with E-state index in [0.717, 1.165) is 14.2 Å². The van der Waals surface area contributed by atoms with Gasteiger partial charge in [-0.15, -0.1) is 11.3 Å². The van der Waals surface area contributed by atoms with Gasteiger partial charge in [0.25, 0.3) is 0 Å². The molecule has 13 heavy (non-hydrogen) atoms. The van der Waals surface area contributed by atoms with E-state index >= 15 is 0 Å². The van der Waals surface area contributed by atoms with Crippen LogP contribution in [0, 0.1) is 5.92 Å². The second kappa shape index (κ2) is 3.98. The van der Waals surface area contributed by atoms with Crippen molar-refractivity contribution in [3.63, 3.8) is 0 Å². The highest BCUT2D eigenvalue weighted by atomic mass is 79.9. The van der Waals surface area contributed by atoms with Gasteiger partial charge in [-0.3, -0.25) is 11.3 Å². The molecule has 1 atom stereocenters. The highest BCUT2D eigenvalue weighted by Crippen LogP contribution is 2.45. The molecule has 1 aliphatic rings. The zero-order chi connectivity index (χ0) is 9.42. The molecule has 0 spiro atoms. The summed E-state index contributed by atoms with van der Waals surface area (Å²) in [5.74, 6) is 6.27. The van der Waals surface area contributed by atoms with E-state index < -0.39 is 0 Å². The van der Waals surface area contributed by atoms with Gasteiger partial charge in [-0.25, -0.2) is 0 Å². The van der Waals surface area contributed by atoms with Crippen molar-refractivity contribution in [3.05, 3.63) is 19.2 Å². The average Bonchev–Trinajstić information content (AvgIpc) is 2.84. The van der Waals surface area contributed by atoms with E-state index in [1.807, 2.05) is 0 Å². The molecule has 1 aromatic rings.